The first-order chi connectivity index (χ1) is 13.5. The lowest BCUT2D eigenvalue weighted by molar-refractivity contribution is -0.118. The minimum absolute atomic E-state index is 0.0485. The Balaban J connectivity index is 2.13. The summed E-state index contributed by atoms with van der Waals surface area (Å²) in [6.45, 7) is 0. The molecule has 1 atom stereocenters. The molecule has 1 aromatic carbocycles. The Labute approximate surface area is 177 Å². The van der Waals surface area contributed by atoms with Gasteiger partial charge in [0, 0.05) is 5.69 Å². The van der Waals surface area contributed by atoms with E-state index >= 15 is 0 Å². The predicted molar refractivity (Wildman–Crippen MR) is 115 cm³/mol. The van der Waals surface area contributed by atoms with Gasteiger partial charge < -0.3 is 15.4 Å². The number of rotatable bonds is 9. The molecule has 28 heavy (non-hydrogen) atoms. The van der Waals surface area contributed by atoms with Gasteiger partial charge in [-0.15, -0.1) is 0 Å². The summed E-state index contributed by atoms with van der Waals surface area (Å²) < 4.78 is 5.11. The highest BCUT2D eigenvalue weighted by atomic mass is 35.5. The molecule has 0 saturated carbocycles. The lowest BCUT2D eigenvalue weighted by Crippen LogP contribution is -2.44. The van der Waals surface area contributed by atoms with Gasteiger partial charge in [0.15, 0.2) is 10.9 Å². The zero-order valence-electron chi connectivity index (χ0n) is 15.7. The largest absolute Gasteiger partial charge is 0.497 e. The van der Waals surface area contributed by atoms with E-state index in [1.54, 1.807) is 49.4 Å². The second kappa shape index (κ2) is 11.1. The summed E-state index contributed by atoms with van der Waals surface area (Å²) in [5.74, 6) is 0.559. The van der Waals surface area contributed by atoms with Crippen LogP contribution in [0.3, 0.4) is 0 Å². The Hall–Kier alpha value is -1.97. The van der Waals surface area contributed by atoms with Crippen LogP contribution in [0.4, 0.5) is 5.69 Å². The average Bonchev–Trinajstić information content (AvgIpc) is 2.71. The zero-order valence-corrected chi connectivity index (χ0v) is 18.1. The normalized spacial score (nSPS) is 11.6. The van der Waals surface area contributed by atoms with Gasteiger partial charge in [0.2, 0.25) is 5.91 Å². The maximum atomic E-state index is 12.7. The number of nitrogens with zero attached hydrogens (tertiary/aromatic N) is 2. The molecule has 10 heteroatoms. The van der Waals surface area contributed by atoms with Crippen LogP contribution >= 0.6 is 35.1 Å². The first-order valence-corrected chi connectivity index (χ1v) is 11.3. The van der Waals surface area contributed by atoms with Crippen molar-refractivity contribution in [3.63, 3.8) is 0 Å². The van der Waals surface area contributed by atoms with Gasteiger partial charge >= 0.3 is 0 Å². The summed E-state index contributed by atoms with van der Waals surface area (Å²) in [6, 6.07) is 6.23. The summed E-state index contributed by atoms with van der Waals surface area (Å²) in [4.78, 5) is 33.5. The number of anilines is 1. The quantitative estimate of drug-likeness (QED) is 0.456. The van der Waals surface area contributed by atoms with Gasteiger partial charge in [-0.25, -0.2) is 9.97 Å². The third-order valence-electron chi connectivity index (χ3n) is 3.71. The fourth-order valence-corrected chi connectivity index (χ4v) is 3.23. The molecule has 1 aromatic heterocycles. The topological polar surface area (TPSA) is 93.2 Å². The fourth-order valence-electron chi connectivity index (χ4n) is 2.24. The average molecular weight is 441 g/mol. The molecule has 0 radical (unpaired) electrons. The van der Waals surface area contributed by atoms with Crippen LogP contribution in [0.25, 0.3) is 0 Å². The molecule has 2 rings (SSSR count). The maximum Gasteiger partial charge on any atom is 0.272 e. The SMILES string of the molecule is COc1ccc(NC(=O)[C@H](CCSC)NC(=O)c2nc(SC)ncc2Cl)cc1. The van der Waals surface area contributed by atoms with E-state index in [4.69, 9.17) is 16.3 Å². The molecule has 0 bridgehead atoms. The number of hydrogen-bond donors (Lipinski definition) is 2. The maximum absolute atomic E-state index is 12.7. The van der Waals surface area contributed by atoms with E-state index in [2.05, 4.69) is 20.6 Å². The molecule has 0 spiro atoms. The van der Waals surface area contributed by atoms with Crippen LogP contribution in [0.5, 0.6) is 5.75 Å². The number of amides is 2. The zero-order chi connectivity index (χ0) is 20.5. The number of nitrogens with one attached hydrogen (secondary N) is 2. The van der Waals surface area contributed by atoms with Crippen molar-refractivity contribution >= 4 is 52.6 Å². The number of carbonyl (C=O) groups excluding carboxylic acids is 2. The van der Waals surface area contributed by atoms with Crippen LogP contribution in [0.2, 0.25) is 5.02 Å². The fraction of sp³-hybridized carbons (Fsp3) is 0.333. The van der Waals surface area contributed by atoms with Gasteiger partial charge in [-0.05, 0) is 49.0 Å². The van der Waals surface area contributed by atoms with Crippen molar-refractivity contribution in [3.05, 3.63) is 41.2 Å². The molecular weight excluding hydrogens is 420 g/mol. The number of carbonyl (C=O) groups is 2. The summed E-state index contributed by atoms with van der Waals surface area (Å²) >= 11 is 8.95. The van der Waals surface area contributed by atoms with Crippen LogP contribution in [-0.4, -0.2) is 53.2 Å². The van der Waals surface area contributed by atoms with Gasteiger partial charge in [0.1, 0.15) is 11.8 Å². The van der Waals surface area contributed by atoms with Crippen molar-refractivity contribution in [1.82, 2.24) is 15.3 Å². The molecule has 7 nitrogen and oxygen atoms in total. The number of benzene rings is 1. The van der Waals surface area contributed by atoms with Crippen molar-refractivity contribution in [1.29, 1.82) is 0 Å². The van der Waals surface area contributed by atoms with E-state index in [-0.39, 0.29) is 16.6 Å². The second-order valence-electron chi connectivity index (χ2n) is 5.58. The summed E-state index contributed by atoms with van der Waals surface area (Å²) in [5, 5.41) is 6.10. The van der Waals surface area contributed by atoms with E-state index in [1.165, 1.54) is 18.0 Å². The van der Waals surface area contributed by atoms with E-state index in [9.17, 15) is 9.59 Å². The van der Waals surface area contributed by atoms with Crippen LogP contribution in [0.15, 0.2) is 35.6 Å². The third kappa shape index (κ3) is 6.29. The van der Waals surface area contributed by atoms with Crippen molar-refractivity contribution in [2.75, 3.05) is 30.7 Å². The minimum atomic E-state index is -0.731. The first-order valence-electron chi connectivity index (χ1n) is 8.29. The molecule has 0 unspecified atom stereocenters. The van der Waals surface area contributed by atoms with Crippen molar-refractivity contribution in [3.8, 4) is 5.75 Å². The molecule has 0 saturated heterocycles. The molecule has 150 valence electrons. The molecule has 2 aromatic rings. The van der Waals surface area contributed by atoms with E-state index in [0.717, 1.165) is 0 Å². The molecule has 0 aliphatic rings. The number of hydrogen-bond acceptors (Lipinski definition) is 7. The molecule has 0 aliphatic heterocycles. The molecule has 2 amide bonds. The molecular formula is C18H21ClN4O3S2. The highest BCUT2D eigenvalue weighted by Crippen LogP contribution is 2.18. The highest BCUT2D eigenvalue weighted by molar-refractivity contribution is 7.98. The van der Waals surface area contributed by atoms with Gasteiger partial charge in [0.05, 0.1) is 18.3 Å². The van der Waals surface area contributed by atoms with E-state index in [1.807, 2.05) is 6.26 Å². The van der Waals surface area contributed by atoms with Crippen molar-refractivity contribution in [2.45, 2.75) is 17.6 Å². The highest BCUT2D eigenvalue weighted by Gasteiger charge is 2.23. The van der Waals surface area contributed by atoms with E-state index in [0.29, 0.717) is 28.8 Å². The number of ether oxygens (including phenoxy) is 1. The Morgan fingerprint density at radius 1 is 1.25 bits per heavy atom. The lowest BCUT2D eigenvalue weighted by atomic mass is 10.2. The van der Waals surface area contributed by atoms with Crippen molar-refractivity contribution in [2.24, 2.45) is 0 Å². The molecule has 0 fully saturated rings. The Bertz CT molecular complexity index is 821. The van der Waals surface area contributed by atoms with Crippen molar-refractivity contribution < 1.29 is 14.3 Å². The predicted octanol–water partition coefficient (Wildman–Crippen LogP) is 3.35. The van der Waals surface area contributed by atoms with Crippen LogP contribution in [0, 0.1) is 0 Å². The Kier molecular flexibility index (Phi) is 8.88. The van der Waals surface area contributed by atoms with Crippen LogP contribution in [-0.2, 0) is 4.79 Å². The van der Waals surface area contributed by atoms with Crippen LogP contribution in [0.1, 0.15) is 16.9 Å². The summed E-state index contributed by atoms with van der Waals surface area (Å²) in [5.41, 5.74) is 0.659. The Morgan fingerprint density at radius 2 is 1.96 bits per heavy atom. The second-order valence-corrected chi connectivity index (χ2v) is 7.74. The molecule has 0 aliphatic carbocycles. The third-order valence-corrected chi connectivity index (χ3v) is 5.19. The smallest absolute Gasteiger partial charge is 0.272 e. The van der Waals surface area contributed by atoms with Gasteiger partial charge in [-0.2, -0.15) is 11.8 Å². The number of thioether (sulfide) groups is 2. The molecule has 1 heterocycles. The molecule has 2 N–H and O–H groups in total. The first kappa shape index (κ1) is 22.3. The van der Waals surface area contributed by atoms with Gasteiger partial charge in [-0.1, -0.05) is 23.4 Å². The standard InChI is InChI=1S/C18H21ClN4O3S2/c1-26-12-6-4-11(5-7-12)21-16(24)14(8-9-27-2)22-17(25)15-13(19)10-20-18(23-15)28-3/h4-7,10,14H,8-9H2,1-3H3,(H,21,24)(H,22,25)/t14-/m0/s1. The summed E-state index contributed by atoms with van der Waals surface area (Å²) in [7, 11) is 1.57. The number of aromatic nitrogens is 2. The monoisotopic (exact) mass is 440 g/mol. The lowest BCUT2D eigenvalue weighted by Gasteiger charge is -2.18. The Morgan fingerprint density at radius 3 is 2.57 bits per heavy atom. The summed E-state index contributed by atoms with van der Waals surface area (Å²) in [6.07, 6.45) is 5.58. The number of halogens is 1. The van der Waals surface area contributed by atoms with Crippen LogP contribution < -0.4 is 15.4 Å². The minimum Gasteiger partial charge on any atom is -0.497 e. The number of methoxy groups -OCH3 is 1. The van der Waals surface area contributed by atoms with E-state index < -0.39 is 11.9 Å². The van der Waals surface area contributed by atoms with Gasteiger partial charge in [0.25, 0.3) is 5.91 Å². The van der Waals surface area contributed by atoms with Gasteiger partial charge in [-0.3, -0.25) is 9.59 Å².